The first-order valence-corrected chi connectivity index (χ1v) is 4.89. The lowest BCUT2D eigenvalue weighted by Crippen LogP contribution is -2.06. The van der Waals surface area contributed by atoms with Gasteiger partial charge >= 0.3 is 5.97 Å². The van der Waals surface area contributed by atoms with Gasteiger partial charge in [-0.25, -0.2) is 0 Å². The molecule has 0 aromatic heterocycles. The Labute approximate surface area is 80.3 Å². The maximum absolute atomic E-state index is 10.4. The molecule has 0 amide bonds. The Morgan fingerprint density at radius 3 is 2.62 bits per heavy atom. The lowest BCUT2D eigenvalue weighted by atomic mass is 10.1. The van der Waals surface area contributed by atoms with E-state index in [4.69, 9.17) is 5.11 Å². The molecule has 0 aromatic carbocycles. The molecule has 1 unspecified atom stereocenters. The third-order valence-electron chi connectivity index (χ3n) is 1.84. The molecule has 0 bridgehead atoms. The van der Waals surface area contributed by atoms with Crippen LogP contribution in [0, 0.1) is 17.8 Å². The second kappa shape index (κ2) is 7.67. The largest absolute Gasteiger partial charge is 0.480 e. The Hall–Kier alpha value is -0.970. The molecule has 0 saturated heterocycles. The number of unbranched alkanes of at least 4 members (excludes halogenated alkanes) is 4. The van der Waals surface area contributed by atoms with Crippen LogP contribution >= 0.6 is 0 Å². The van der Waals surface area contributed by atoms with Crippen LogP contribution in [0.1, 0.15) is 46.0 Å². The fourth-order valence-electron chi connectivity index (χ4n) is 0.927. The number of carboxylic acid groups (broad SMARTS) is 1. The maximum Gasteiger partial charge on any atom is 0.318 e. The van der Waals surface area contributed by atoms with Crippen LogP contribution in [-0.4, -0.2) is 11.1 Å². The van der Waals surface area contributed by atoms with E-state index in [1.165, 1.54) is 19.3 Å². The first-order valence-electron chi connectivity index (χ1n) is 4.89. The molecule has 0 heterocycles. The van der Waals surface area contributed by atoms with Crippen LogP contribution in [0.15, 0.2) is 0 Å². The van der Waals surface area contributed by atoms with Crippen LogP contribution in [0.2, 0.25) is 0 Å². The number of hydrogen-bond acceptors (Lipinski definition) is 1. The van der Waals surface area contributed by atoms with Crippen molar-refractivity contribution in [1.82, 2.24) is 0 Å². The van der Waals surface area contributed by atoms with E-state index >= 15 is 0 Å². The highest BCUT2D eigenvalue weighted by atomic mass is 16.4. The van der Waals surface area contributed by atoms with Crippen molar-refractivity contribution in [3.63, 3.8) is 0 Å². The smallest absolute Gasteiger partial charge is 0.318 e. The quantitative estimate of drug-likeness (QED) is 0.524. The molecule has 1 N–H and O–H groups in total. The first-order chi connectivity index (χ1) is 6.18. The summed E-state index contributed by atoms with van der Waals surface area (Å²) >= 11 is 0. The van der Waals surface area contributed by atoms with E-state index in [-0.39, 0.29) is 0 Å². The summed E-state index contributed by atoms with van der Waals surface area (Å²) in [7, 11) is 0. The molecule has 0 fully saturated rings. The van der Waals surface area contributed by atoms with E-state index in [0.717, 1.165) is 12.8 Å². The fourth-order valence-corrected chi connectivity index (χ4v) is 0.927. The van der Waals surface area contributed by atoms with E-state index in [0.29, 0.717) is 0 Å². The summed E-state index contributed by atoms with van der Waals surface area (Å²) in [5.74, 6) is 4.25. The van der Waals surface area contributed by atoms with Gasteiger partial charge in [0.15, 0.2) is 0 Å². The van der Waals surface area contributed by atoms with Gasteiger partial charge in [-0.1, -0.05) is 32.1 Å². The molecule has 74 valence electrons. The number of hydrogen-bond donors (Lipinski definition) is 1. The van der Waals surface area contributed by atoms with E-state index in [9.17, 15) is 4.79 Å². The van der Waals surface area contributed by atoms with Crippen molar-refractivity contribution in [2.45, 2.75) is 46.0 Å². The van der Waals surface area contributed by atoms with Gasteiger partial charge in [-0.05, 0) is 13.3 Å². The number of rotatable bonds is 5. The van der Waals surface area contributed by atoms with Gasteiger partial charge in [0, 0.05) is 6.42 Å². The lowest BCUT2D eigenvalue weighted by molar-refractivity contribution is -0.139. The molecule has 2 heteroatoms. The van der Waals surface area contributed by atoms with Crippen LogP contribution < -0.4 is 0 Å². The van der Waals surface area contributed by atoms with Gasteiger partial charge in [0.25, 0.3) is 0 Å². The molecule has 1 atom stereocenters. The summed E-state index contributed by atoms with van der Waals surface area (Å²) in [5, 5.41) is 8.52. The summed E-state index contributed by atoms with van der Waals surface area (Å²) in [6.45, 7) is 3.78. The summed E-state index contributed by atoms with van der Waals surface area (Å²) < 4.78 is 0. The van der Waals surface area contributed by atoms with Gasteiger partial charge in [0.1, 0.15) is 5.92 Å². The lowest BCUT2D eigenvalue weighted by Gasteiger charge is -1.94. The van der Waals surface area contributed by atoms with Crippen molar-refractivity contribution in [3.8, 4) is 11.8 Å². The molecular weight excluding hydrogens is 164 g/mol. The first kappa shape index (κ1) is 12.0. The fraction of sp³-hybridized carbons (Fsp3) is 0.727. The van der Waals surface area contributed by atoms with Gasteiger partial charge in [-0.15, -0.1) is 5.92 Å². The minimum Gasteiger partial charge on any atom is -0.480 e. The Morgan fingerprint density at radius 1 is 1.38 bits per heavy atom. The minimum absolute atomic E-state index is 0.522. The third-order valence-corrected chi connectivity index (χ3v) is 1.84. The van der Waals surface area contributed by atoms with E-state index in [1.54, 1.807) is 6.92 Å². The van der Waals surface area contributed by atoms with E-state index in [2.05, 4.69) is 18.8 Å². The third kappa shape index (κ3) is 7.39. The van der Waals surface area contributed by atoms with E-state index in [1.807, 2.05) is 0 Å². The van der Waals surface area contributed by atoms with Gasteiger partial charge in [0.05, 0.1) is 0 Å². The van der Waals surface area contributed by atoms with Gasteiger partial charge in [-0.2, -0.15) is 0 Å². The second-order valence-corrected chi connectivity index (χ2v) is 3.19. The van der Waals surface area contributed by atoms with E-state index < -0.39 is 11.9 Å². The molecule has 0 aliphatic heterocycles. The maximum atomic E-state index is 10.4. The summed E-state index contributed by atoms with van der Waals surface area (Å²) in [6, 6.07) is 0. The summed E-state index contributed by atoms with van der Waals surface area (Å²) in [4.78, 5) is 10.4. The van der Waals surface area contributed by atoms with Crippen molar-refractivity contribution in [2.75, 3.05) is 0 Å². The second-order valence-electron chi connectivity index (χ2n) is 3.19. The summed E-state index contributed by atoms with van der Waals surface area (Å²) in [5.41, 5.74) is 0. The highest BCUT2D eigenvalue weighted by Gasteiger charge is 2.04. The van der Waals surface area contributed by atoms with Crippen molar-refractivity contribution < 1.29 is 9.90 Å². The van der Waals surface area contributed by atoms with Gasteiger partial charge in [-0.3, -0.25) is 4.79 Å². The average molecular weight is 182 g/mol. The molecule has 0 rings (SSSR count). The predicted octanol–water partition coefficient (Wildman–Crippen LogP) is 2.68. The highest BCUT2D eigenvalue weighted by Crippen LogP contribution is 2.01. The van der Waals surface area contributed by atoms with Crippen molar-refractivity contribution >= 4 is 5.97 Å². The van der Waals surface area contributed by atoms with Crippen LogP contribution in [0.3, 0.4) is 0 Å². The van der Waals surface area contributed by atoms with Crippen LogP contribution in [0.25, 0.3) is 0 Å². The zero-order chi connectivity index (χ0) is 10.1. The standard InChI is InChI=1S/C11H18O2/c1-3-4-5-6-7-8-9-10(2)11(12)13/h10H,3-7H2,1-2H3,(H,12,13). The summed E-state index contributed by atoms with van der Waals surface area (Å²) in [6.07, 6.45) is 5.59. The minimum atomic E-state index is -0.832. The number of aliphatic carboxylic acids is 1. The Balaban J connectivity index is 3.44. The monoisotopic (exact) mass is 182 g/mol. The molecule has 13 heavy (non-hydrogen) atoms. The normalized spacial score (nSPS) is 11.5. The molecule has 0 aromatic rings. The topological polar surface area (TPSA) is 37.3 Å². The Morgan fingerprint density at radius 2 is 2.08 bits per heavy atom. The van der Waals surface area contributed by atoms with Crippen LogP contribution in [0.4, 0.5) is 0 Å². The Bertz CT molecular complexity index is 198. The molecule has 2 nitrogen and oxygen atoms in total. The van der Waals surface area contributed by atoms with Gasteiger partial charge < -0.3 is 5.11 Å². The predicted molar refractivity (Wildman–Crippen MR) is 53.3 cm³/mol. The molecular formula is C11H18O2. The van der Waals surface area contributed by atoms with Crippen molar-refractivity contribution in [3.05, 3.63) is 0 Å². The zero-order valence-corrected chi connectivity index (χ0v) is 8.47. The van der Waals surface area contributed by atoms with Gasteiger partial charge in [0.2, 0.25) is 0 Å². The zero-order valence-electron chi connectivity index (χ0n) is 8.47. The number of carbonyl (C=O) groups is 1. The Kier molecular flexibility index (Phi) is 7.10. The molecule has 0 aliphatic carbocycles. The highest BCUT2D eigenvalue weighted by molar-refractivity contribution is 5.72. The van der Waals surface area contributed by atoms with Crippen molar-refractivity contribution in [2.24, 2.45) is 5.92 Å². The van der Waals surface area contributed by atoms with Crippen molar-refractivity contribution in [1.29, 1.82) is 0 Å². The average Bonchev–Trinajstić information content (AvgIpc) is 2.10. The molecule has 0 saturated carbocycles. The molecule has 0 aliphatic rings. The molecule has 0 spiro atoms. The SMILES string of the molecule is CCCCCCC#CC(C)C(=O)O. The van der Waals surface area contributed by atoms with Crippen LogP contribution in [0.5, 0.6) is 0 Å². The molecule has 0 radical (unpaired) electrons. The van der Waals surface area contributed by atoms with Crippen LogP contribution in [-0.2, 0) is 4.79 Å². The number of carboxylic acids is 1.